The monoisotopic (exact) mass is 613 g/mol. The Labute approximate surface area is 238 Å². The molecule has 9 atom stereocenters. The maximum absolute atomic E-state index is 13.1. The van der Waals surface area contributed by atoms with Crippen LogP contribution in [0.3, 0.4) is 0 Å². The Morgan fingerprint density at radius 2 is 1.93 bits per heavy atom. The summed E-state index contributed by atoms with van der Waals surface area (Å²) in [5, 5.41) is 12.6. The number of nitrogens with one attached hydrogen (secondary N) is 2. The van der Waals surface area contributed by atoms with E-state index in [0.29, 0.717) is 11.5 Å². The number of thioether (sulfide) groups is 1. The van der Waals surface area contributed by atoms with Crippen LogP contribution >= 0.6 is 11.8 Å². The maximum Gasteiger partial charge on any atom is 0.471 e. The summed E-state index contributed by atoms with van der Waals surface area (Å²) in [6, 6.07) is -1.22. The number of rotatable bonds is 10. The molecule has 3 aliphatic rings. The van der Waals surface area contributed by atoms with Crippen molar-refractivity contribution in [1.82, 2.24) is 10.0 Å². The third kappa shape index (κ3) is 8.03. The van der Waals surface area contributed by atoms with Gasteiger partial charge in [0, 0.05) is 18.9 Å². The topological polar surface area (TPSA) is 155 Å². The zero-order valence-electron chi connectivity index (χ0n) is 23.4. The second kappa shape index (κ2) is 13.6. The molecule has 8 unspecified atom stereocenters. The Morgan fingerprint density at radius 1 is 1.25 bits per heavy atom. The largest absolute Gasteiger partial charge is 0.471 e. The molecule has 0 radical (unpaired) electrons. The molecule has 0 saturated heterocycles. The number of alkyl halides is 3. The van der Waals surface area contributed by atoms with E-state index in [4.69, 9.17) is 10.5 Å². The summed E-state index contributed by atoms with van der Waals surface area (Å²) in [7, 11) is -2.25. The Hall–Kier alpha value is -1.58. The van der Waals surface area contributed by atoms with Crippen molar-refractivity contribution in [3.8, 4) is 0 Å². The summed E-state index contributed by atoms with van der Waals surface area (Å²) in [4.78, 5) is 20.3. The molecule has 1 aliphatic heterocycles. The maximum atomic E-state index is 13.1. The van der Waals surface area contributed by atoms with E-state index in [9.17, 15) is 31.5 Å². The van der Waals surface area contributed by atoms with Crippen LogP contribution in [0.15, 0.2) is 9.98 Å². The number of carbonyl (C=O) groups excluding carboxylic acids is 1. The van der Waals surface area contributed by atoms with Gasteiger partial charge >= 0.3 is 12.1 Å². The number of halogens is 3. The van der Waals surface area contributed by atoms with E-state index in [1.54, 1.807) is 7.11 Å². The molecule has 10 nitrogen and oxygen atoms in total. The van der Waals surface area contributed by atoms with E-state index in [1.165, 1.54) is 11.8 Å². The Balaban J connectivity index is 1.61. The molecule has 0 aromatic rings. The molecule has 0 spiro atoms. The third-order valence-corrected chi connectivity index (χ3v) is 11.9. The summed E-state index contributed by atoms with van der Waals surface area (Å²) in [5.74, 6) is -2.83. The number of sulfonamides is 1. The predicted molar refractivity (Wildman–Crippen MR) is 150 cm³/mol. The van der Waals surface area contributed by atoms with E-state index in [0.717, 1.165) is 25.7 Å². The van der Waals surface area contributed by atoms with E-state index >= 15 is 0 Å². The van der Waals surface area contributed by atoms with Crippen molar-refractivity contribution in [2.24, 2.45) is 33.5 Å². The number of hydrogen-bond acceptors (Lipinski definition) is 8. The van der Waals surface area contributed by atoms with Crippen molar-refractivity contribution in [2.45, 2.75) is 107 Å². The molecule has 1 heterocycles. The quantitative estimate of drug-likeness (QED) is 0.168. The van der Waals surface area contributed by atoms with Gasteiger partial charge in [-0.3, -0.25) is 19.5 Å². The molecule has 40 heavy (non-hydrogen) atoms. The summed E-state index contributed by atoms with van der Waals surface area (Å²) in [5.41, 5.74) is 5.87. The van der Waals surface area contributed by atoms with Crippen LogP contribution in [0.1, 0.15) is 65.7 Å². The predicted octanol–water partition coefficient (Wildman–Crippen LogP) is 2.56. The first-order chi connectivity index (χ1) is 18.7. The van der Waals surface area contributed by atoms with Gasteiger partial charge in [0.25, 0.3) is 0 Å². The number of ether oxygens (including phenoxy) is 1. The standard InChI is InChI=1S/C25H42F3N5O5S2/c1-13-12-18(38-4)14(2)15(3)21(13)40(36,37)33-24(29)30-11-7-9-17(32-23(35)25(26,27)28)20(34)22-31-16-8-5-6-10-19(16)39-22/h13-21,34H,5-12H2,1-4H3,(H,32,35)(H3,29,30,33)/t13?,14?,15?,16?,17-,18?,19?,20?,21?/m0/s1. The number of fused-ring (bicyclic) bond motifs is 1. The molecular weight excluding hydrogens is 571 g/mol. The summed E-state index contributed by atoms with van der Waals surface area (Å²) in [6.45, 7) is 5.65. The van der Waals surface area contributed by atoms with E-state index < -0.39 is 39.5 Å². The molecule has 5 N–H and O–H groups in total. The molecule has 2 fully saturated rings. The number of carbonyl (C=O) groups is 1. The van der Waals surface area contributed by atoms with Crippen LogP contribution in [0, 0.1) is 17.8 Å². The highest BCUT2D eigenvalue weighted by Crippen LogP contribution is 2.39. The lowest BCUT2D eigenvalue weighted by Gasteiger charge is -2.42. The van der Waals surface area contributed by atoms with E-state index in [2.05, 4.69) is 14.7 Å². The first-order valence-electron chi connectivity index (χ1n) is 13.8. The van der Waals surface area contributed by atoms with Gasteiger partial charge in [-0.1, -0.05) is 33.6 Å². The average Bonchev–Trinajstić information content (AvgIpc) is 3.30. The summed E-state index contributed by atoms with van der Waals surface area (Å²) >= 11 is 1.37. The second-order valence-corrected chi connectivity index (χ2v) is 14.3. The molecule has 3 rings (SSSR count). The first kappa shape index (κ1) is 32.9. The lowest BCUT2D eigenvalue weighted by Crippen LogP contribution is -2.53. The number of hydrogen-bond donors (Lipinski definition) is 4. The van der Waals surface area contributed by atoms with Gasteiger partial charge in [0.2, 0.25) is 16.0 Å². The van der Waals surface area contributed by atoms with E-state index in [1.807, 2.05) is 26.1 Å². The van der Waals surface area contributed by atoms with Crippen LogP contribution in [-0.4, -0.2) is 85.1 Å². The van der Waals surface area contributed by atoms with Crippen LogP contribution in [-0.2, 0) is 19.6 Å². The lowest BCUT2D eigenvalue weighted by atomic mass is 9.74. The number of aliphatic hydroxyl groups is 1. The Kier molecular flexibility index (Phi) is 11.2. The summed E-state index contributed by atoms with van der Waals surface area (Å²) < 4.78 is 73.1. The van der Waals surface area contributed by atoms with Gasteiger partial charge in [-0.2, -0.15) is 13.2 Å². The van der Waals surface area contributed by atoms with Gasteiger partial charge in [0.15, 0.2) is 0 Å². The number of aliphatic imine (C=N–C) groups is 2. The fourth-order valence-electron chi connectivity index (χ4n) is 6.12. The Bertz CT molecular complexity index is 1060. The van der Waals surface area contributed by atoms with Gasteiger partial charge < -0.3 is 20.9 Å². The van der Waals surface area contributed by atoms with Crippen molar-refractivity contribution < 1.29 is 36.2 Å². The normalized spacial score (nSPS) is 33.0. The molecule has 0 bridgehead atoms. The highest BCUT2D eigenvalue weighted by molar-refractivity contribution is 8.14. The number of nitrogens with two attached hydrogens (primary N) is 1. The fourth-order valence-corrected chi connectivity index (χ4v) is 9.59. The van der Waals surface area contributed by atoms with Gasteiger partial charge in [-0.05, 0) is 49.9 Å². The number of nitrogens with zero attached hydrogens (tertiary/aromatic N) is 2. The lowest BCUT2D eigenvalue weighted by molar-refractivity contribution is -0.174. The minimum Gasteiger partial charge on any atom is -0.384 e. The fraction of sp³-hybridized carbons (Fsp3) is 0.880. The number of amides is 1. The number of methoxy groups -OCH3 is 1. The minimum atomic E-state index is -5.11. The molecule has 0 aromatic heterocycles. The smallest absolute Gasteiger partial charge is 0.384 e. The minimum absolute atomic E-state index is 0.0165. The van der Waals surface area contributed by atoms with Crippen LogP contribution in [0.4, 0.5) is 13.2 Å². The molecule has 15 heteroatoms. The van der Waals surface area contributed by atoms with Crippen LogP contribution in [0.25, 0.3) is 0 Å². The molecule has 0 aromatic carbocycles. The number of aliphatic hydroxyl groups excluding tert-OH is 1. The SMILES string of the molecule is COC1CC(C)C(S(=O)(=O)NC(N)=NCCC[C@H](NC(=O)C(F)(F)F)C(O)C2=NC3CCCCC3S2)C(C)C1C. The number of guanidine groups is 1. The molecule has 2 saturated carbocycles. The molecular formula is C25H42F3N5O5S2. The van der Waals surface area contributed by atoms with Crippen molar-refractivity contribution in [1.29, 1.82) is 0 Å². The van der Waals surface area contributed by atoms with Crippen LogP contribution in [0.5, 0.6) is 0 Å². The van der Waals surface area contributed by atoms with Crippen molar-refractivity contribution >= 4 is 38.7 Å². The van der Waals surface area contributed by atoms with Crippen molar-refractivity contribution in [3.05, 3.63) is 0 Å². The highest BCUT2D eigenvalue weighted by Gasteiger charge is 2.46. The van der Waals surface area contributed by atoms with E-state index in [-0.39, 0.29) is 60.5 Å². The van der Waals surface area contributed by atoms with Crippen molar-refractivity contribution in [2.75, 3.05) is 13.7 Å². The molecule has 230 valence electrons. The Morgan fingerprint density at radius 3 is 2.55 bits per heavy atom. The zero-order chi connectivity index (χ0) is 29.8. The summed E-state index contributed by atoms with van der Waals surface area (Å²) in [6.07, 6.45) is -2.04. The van der Waals surface area contributed by atoms with Crippen LogP contribution < -0.4 is 15.8 Å². The van der Waals surface area contributed by atoms with Crippen LogP contribution in [0.2, 0.25) is 0 Å². The molecule has 1 amide bonds. The average molecular weight is 614 g/mol. The molecule has 2 aliphatic carbocycles. The second-order valence-electron chi connectivity index (χ2n) is 11.2. The zero-order valence-corrected chi connectivity index (χ0v) is 25.0. The van der Waals surface area contributed by atoms with Gasteiger partial charge in [-0.25, -0.2) is 8.42 Å². The van der Waals surface area contributed by atoms with Gasteiger partial charge in [-0.15, -0.1) is 11.8 Å². The third-order valence-electron chi connectivity index (χ3n) is 8.40. The van der Waals surface area contributed by atoms with Gasteiger partial charge in [0.05, 0.1) is 28.5 Å². The highest BCUT2D eigenvalue weighted by atomic mass is 32.2. The van der Waals surface area contributed by atoms with Gasteiger partial charge in [0.1, 0.15) is 6.10 Å². The van der Waals surface area contributed by atoms with Crippen molar-refractivity contribution in [3.63, 3.8) is 0 Å². The first-order valence-corrected chi connectivity index (χ1v) is 16.2.